The van der Waals surface area contributed by atoms with Crippen LogP contribution in [0.4, 0.5) is 0 Å². The molecule has 0 spiro atoms. The van der Waals surface area contributed by atoms with E-state index in [4.69, 9.17) is 30.6 Å². The first-order chi connectivity index (χ1) is 6.82. The van der Waals surface area contributed by atoms with E-state index in [1.807, 2.05) is 0 Å². The van der Waals surface area contributed by atoms with Gasteiger partial charge in [0.1, 0.15) is 30.5 Å². The smallest absolute Gasteiger partial charge is 0.547 e. The number of carbonyl (C=O) groups is 1. The predicted octanol–water partition coefficient (Wildman–Crippen LogP) is -8.46. The van der Waals surface area contributed by atoms with Gasteiger partial charge in [-0.05, 0) is 0 Å². The minimum atomic E-state index is -2.40. The third-order valence-corrected chi connectivity index (χ3v) is 1.85. The van der Waals surface area contributed by atoms with Crippen molar-refractivity contribution in [2.24, 2.45) is 0 Å². The molecule has 0 heterocycles. The summed E-state index contributed by atoms with van der Waals surface area (Å²) in [7, 11) is 0. The van der Waals surface area contributed by atoms with Gasteiger partial charge in [-0.15, -0.1) is 0 Å². The average molecular weight is 248 g/mol. The molecule has 0 fully saturated rings. The number of aliphatic carboxylic acids is 1. The number of hydrogen-bond donors (Lipinski definition) is 6. The van der Waals surface area contributed by atoms with Crippen LogP contribution in [-0.4, -0.2) is 73.7 Å². The zero-order chi connectivity index (χ0) is 12.2. The van der Waals surface area contributed by atoms with Crippen molar-refractivity contribution >= 4 is 5.97 Å². The summed E-state index contributed by atoms with van der Waals surface area (Å²) in [5.41, 5.74) is 0. The van der Waals surface area contributed by atoms with Gasteiger partial charge in [-0.1, -0.05) is 0 Å². The van der Waals surface area contributed by atoms with Crippen molar-refractivity contribution in [3.05, 3.63) is 0 Å². The molecule has 0 unspecified atom stereocenters. The molecule has 0 saturated carbocycles. The third-order valence-electron chi connectivity index (χ3n) is 1.85. The molecule has 0 aromatic rings. The van der Waals surface area contributed by atoms with Crippen molar-refractivity contribution < 1.29 is 70.1 Å². The van der Waals surface area contributed by atoms with Gasteiger partial charge in [-0.3, -0.25) is 0 Å². The molecular formula is C7H13NaO8. The number of carbonyl (C=O) groups excluding carboxylic acids is 1. The SMILES string of the molecule is O=C([O-])[C@H](O)[C@@H](O)[C@H](O)[C@H](O)[C@H](O)CO.[Na+]. The Bertz CT molecular complexity index is 213. The Morgan fingerprint density at radius 1 is 1.00 bits per heavy atom. The Hall–Kier alpha value is 0.230. The maximum absolute atomic E-state index is 10.1. The summed E-state index contributed by atoms with van der Waals surface area (Å²) in [5, 5.41) is 63.2. The van der Waals surface area contributed by atoms with Crippen molar-refractivity contribution in [1.29, 1.82) is 0 Å². The molecule has 8 nitrogen and oxygen atoms in total. The van der Waals surface area contributed by atoms with Crippen LogP contribution in [0.1, 0.15) is 0 Å². The number of rotatable bonds is 6. The summed E-state index contributed by atoms with van der Waals surface area (Å²) >= 11 is 0. The Balaban J connectivity index is 0. The van der Waals surface area contributed by atoms with Crippen LogP contribution in [0, 0.1) is 0 Å². The van der Waals surface area contributed by atoms with Crippen molar-refractivity contribution in [2.45, 2.75) is 30.5 Å². The van der Waals surface area contributed by atoms with Gasteiger partial charge < -0.3 is 40.5 Å². The van der Waals surface area contributed by atoms with Crippen LogP contribution in [0.5, 0.6) is 0 Å². The molecule has 5 atom stereocenters. The fourth-order valence-corrected chi connectivity index (χ4v) is 0.864. The maximum Gasteiger partial charge on any atom is 1.00 e. The monoisotopic (exact) mass is 248 g/mol. The normalized spacial score (nSPS) is 20.1. The van der Waals surface area contributed by atoms with Crippen LogP contribution in [0.3, 0.4) is 0 Å². The van der Waals surface area contributed by atoms with E-state index in [9.17, 15) is 9.90 Å². The maximum atomic E-state index is 10.1. The van der Waals surface area contributed by atoms with E-state index in [0.29, 0.717) is 0 Å². The van der Waals surface area contributed by atoms with Crippen LogP contribution >= 0.6 is 0 Å². The zero-order valence-corrected chi connectivity index (χ0v) is 10.6. The third kappa shape index (κ3) is 5.04. The molecule has 0 saturated heterocycles. The number of hydrogen-bond acceptors (Lipinski definition) is 8. The van der Waals surface area contributed by atoms with Gasteiger partial charge in [0.15, 0.2) is 0 Å². The fourth-order valence-electron chi connectivity index (χ4n) is 0.864. The van der Waals surface area contributed by atoms with E-state index < -0.39 is 43.1 Å². The largest absolute Gasteiger partial charge is 1.00 e. The summed E-state index contributed by atoms with van der Waals surface area (Å²) in [4.78, 5) is 10.1. The molecule has 0 bridgehead atoms. The standard InChI is InChI=1S/C7H14O8.Na/c8-1-2(9)3(10)4(11)5(12)6(13)7(14)15;/h2-6,8-13H,1H2,(H,14,15);/q;+1/p-1/t2-,3-,4-,5+,6-;/m1./s1. The summed E-state index contributed by atoms with van der Waals surface area (Å²) in [6.07, 6.45) is -10.5. The zero-order valence-electron chi connectivity index (χ0n) is 8.59. The van der Waals surface area contributed by atoms with Gasteiger partial charge in [0, 0.05) is 0 Å². The Kier molecular flexibility index (Phi) is 9.69. The summed E-state index contributed by atoms with van der Waals surface area (Å²) in [5.74, 6) is -2.03. The van der Waals surface area contributed by atoms with Gasteiger partial charge in [-0.25, -0.2) is 0 Å². The Labute approximate surface area is 113 Å². The molecule has 16 heavy (non-hydrogen) atoms. The molecule has 0 radical (unpaired) electrons. The molecule has 90 valence electrons. The van der Waals surface area contributed by atoms with E-state index in [1.165, 1.54) is 0 Å². The Morgan fingerprint density at radius 3 is 1.75 bits per heavy atom. The molecule has 0 aromatic heterocycles. The Morgan fingerprint density at radius 2 is 1.44 bits per heavy atom. The van der Waals surface area contributed by atoms with E-state index in [2.05, 4.69) is 0 Å². The van der Waals surface area contributed by atoms with Gasteiger partial charge in [0.05, 0.1) is 12.6 Å². The topological polar surface area (TPSA) is 162 Å². The summed E-state index contributed by atoms with van der Waals surface area (Å²) in [6.45, 7) is -0.896. The average Bonchev–Trinajstić information content (AvgIpc) is 2.23. The first-order valence-electron chi connectivity index (χ1n) is 4.05. The molecule has 0 aromatic carbocycles. The fraction of sp³-hybridized carbons (Fsp3) is 0.857. The van der Waals surface area contributed by atoms with Gasteiger partial charge in [-0.2, -0.15) is 0 Å². The quantitative estimate of drug-likeness (QED) is 0.252. The summed E-state index contributed by atoms with van der Waals surface area (Å²) in [6, 6.07) is 0. The van der Waals surface area contributed by atoms with Crippen LogP contribution < -0.4 is 34.7 Å². The minimum absolute atomic E-state index is 0. The second kappa shape index (κ2) is 8.34. The predicted molar refractivity (Wildman–Crippen MR) is 42.1 cm³/mol. The van der Waals surface area contributed by atoms with Gasteiger partial charge >= 0.3 is 29.6 Å². The molecule has 0 rings (SSSR count). The number of carboxylic acids is 1. The second-order valence-corrected chi connectivity index (χ2v) is 2.99. The van der Waals surface area contributed by atoms with Crippen LogP contribution in [0.15, 0.2) is 0 Å². The molecular weight excluding hydrogens is 235 g/mol. The van der Waals surface area contributed by atoms with Crippen molar-refractivity contribution in [1.82, 2.24) is 0 Å². The van der Waals surface area contributed by atoms with Crippen molar-refractivity contribution in [3.63, 3.8) is 0 Å². The molecule has 0 aliphatic carbocycles. The van der Waals surface area contributed by atoms with Crippen molar-refractivity contribution in [3.8, 4) is 0 Å². The first-order valence-corrected chi connectivity index (χ1v) is 4.05. The minimum Gasteiger partial charge on any atom is -0.547 e. The van der Waals surface area contributed by atoms with E-state index in [1.54, 1.807) is 0 Å². The molecule has 6 N–H and O–H groups in total. The van der Waals surface area contributed by atoms with Crippen molar-refractivity contribution in [2.75, 3.05) is 6.61 Å². The second-order valence-electron chi connectivity index (χ2n) is 2.99. The summed E-state index contributed by atoms with van der Waals surface area (Å²) < 4.78 is 0. The van der Waals surface area contributed by atoms with Crippen LogP contribution in [-0.2, 0) is 4.79 Å². The number of aliphatic hydroxyl groups excluding tert-OH is 6. The van der Waals surface area contributed by atoms with E-state index in [0.717, 1.165) is 0 Å². The molecule has 0 amide bonds. The van der Waals surface area contributed by atoms with Crippen LogP contribution in [0.2, 0.25) is 0 Å². The van der Waals surface area contributed by atoms with Gasteiger partial charge in [0.2, 0.25) is 0 Å². The van der Waals surface area contributed by atoms with E-state index >= 15 is 0 Å². The number of carboxylic acid groups (broad SMARTS) is 1. The molecule has 0 aliphatic rings. The molecule has 0 aliphatic heterocycles. The first kappa shape index (κ1) is 18.6. The van der Waals surface area contributed by atoms with Gasteiger partial charge in [0.25, 0.3) is 0 Å². The molecule has 9 heteroatoms. The van der Waals surface area contributed by atoms with Crippen LogP contribution in [0.25, 0.3) is 0 Å². The number of aliphatic hydroxyl groups is 6. The van der Waals surface area contributed by atoms with E-state index in [-0.39, 0.29) is 29.6 Å².